The minimum atomic E-state index is -4.11. The molecule has 1 aliphatic rings. The SMILES string of the molecule is CC[C@H](C)[C@@H](C(=O)N[C@@H](Cc1ccccc1)[C@@H](O)CN(CC(C)C)S(=O)(=O)c1ccc(Cl)c(N)c1)N1CCN(Cc2nc3ccccc3n2C)C1=O. The summed E-state index contributed by atoms with van der Waals surface area (Å²) in [5, 5.41) is 15.1. The Bertz CT molecular complexity index is 1970. The van der Waals surface area contributed by atoms with Crippen molar-refractivity contribution in [2.75, 3.05) is 31.9 Å². The largest absolute Gasteiger partial charge is 0.397 e. The third kappa shape index (κ3) is 8.71. The minimum absolute atomic E-state index is 0.0431. The zero-order valence-electron chi connectivity index (χ0n) is 30.4. The van der Waals surface area contributed by atoms with E-state index in [1.54, 1.807) is 9.80 Å². The molecule has 5 rings (SSSR count). The van der Waals surface area contributed by atoms with Gasteiger partial charge < -0.3 is 30.5 Å². The van der Waals surface area contributed by atoms with Gasteiger partial charge in [-0.15, -0.1) is 0 Å². The van der Waals surface area contributed by atoms with E-state index in [9.17, 15) is 23.1 Å². The Labute approximate surface area is 311 Å². The predicted molar refractivity (Wildman–Crippen MR) is 204 cm³/mol. The number of aliphatic hydroxyl groups excluding tert-OH is 1. The molecule has 0 bridgehead atoms. The number of benzene rings is 3. The number of carbonyl (C=O) groups excluding carboxylic acids is 2. The third-order valence-corrected chi connectivity index (χ3v) is 12.0. The predicted octanol–water partition coefficient (Wildman–Crippen LogP) is 4.90. The average Bonchev–Trinajstić information content (AvgIpc) is 3.63. The van der Waals surface area contributed by atoms with Gasteiger partial charge in [-0.1, -0.05) is 88.2 Å². The van der Waals surface area contributed by atoms with E-state index in [2.05, 4.69) is 5.32 Å². The van der Waals surface area contributed by atoms with Crippen molar-refractivity contribution >= 4 is 50.3 Å². The Hall–Kier alpha value is -4.17. The first-order chi connectivity index (χ1) is 24.7. The molecule has 3 aromatic carbocycles. The van der Waals surface area contributed by atoms with Crippen molar-refractivity contribution in [2.45, 2.75) is 70.2 Å². The van der Waals surface area contributed by atoms with E-state index in [0.717, 1.165) is 22.4 Å². The van der Waals surface area contributed by atoms with E-state index in [-0.39, 0.29) is 53.0 Å². The molecule has 12 nitrogen and oxygen atoms in total. The summed E-state index contributed by atoms with van der Waals surface area (Å²) in [4.78, 5) is 36.3. The number of rotatable bonds is 16. The lowest BCUT2D eigenvalue weighted by Crippen LogP contribution is -2.57. The number of carbonyl (C=O) groups is 2. The highest BCUT2D eigenvalue weighted by Gasteiger charge is 2.41. The summed E-state index contributed by atoms with van der Waals surface area (Å²) in [6.07, 6.45) is -0.441. The summed E-state index contributed by atoms with van der Waals surface area (Å²) in [6, 6.07) is 19.4. The number of aliphatic hydroxyl groups is 1. The van der Waals surface area contributed by atoms with Gasteiger partial charge in [-0.3, -0.25) is 4.79 Å². The Morgan fingerprint density at radius 1 is 1.04 bits per heavy atom. The monoisotopic (exact) mass is 751 g/mol. The molecule has 0 spiro atoms. The van der Waals surface area contributed by atoms with Crippen LogP contribution in [0.4, 0.5) is 10.5 Å². The Balaban J connectivity index is 1.39. The van der Waals surface area contributed by atoms with E-state index in [4.69, 9.17) is 22.3 Å². The van der Waals surface area contributed by atoms with Crippen LogP contribution >= 0.6 is 11.6 Å². The van der Waals surface area contributed by atoms with Crippen molar-refractivity contribution < 1.29 is 23.1 Å². The molecular formula is C38H50ClN7O5S. The van der Waals surface area contributed by atoms with Crippen molar-refractivity contribution in [3.8, 4) is 0 Å². The molecule has 3 amide bonds. The maximum Gasteiger partial charge on any atom is 0.321 e. The number of imidazole rings is 1. The van der Waals surface area contributed by atoms with Gasteiger partial charge in [0.1, 0.15) is 11.9 Å². The zero-order chi connectivity index (χ0) is 37.7. The number of fused-ring (bicyclic) bond motifs is 1. The lowest BCUT2D eigenvalue weighted by atomic mass is 9.95. The fraction of sp³-hybridized carbons (Fsp3) is 0.447. The number of halogens is 1. The quantitative estimate of drug-likeness (QED) is 0.138. The van der Waals surface area contributed by atoms with Crippen LogP contribution in [-0.4, -0.2) is 93.5 Å². The van der Waals surface area contributed by atoms with Crippen LogP contribution in [0.5, 0.6) is 0 Å². The first-order valence-electron chi connectivity index (χ1n) is 17.7. The van der Waals surface area contributed by atoms with Crippen LogP contribution < -0.4 is 11.1 Å². The zero-order valence-corrected chi connectivity index (χ0v) is 32.0. The number of para-hydroxylation sites is 2. The number of urea groups is 1. The van der Waals surface area contributed by atoms with Crippen molar-refractivity contribution in [1.29, 1.82) is 0 Å². The molecule has 52 heavy (non-hydrogen) atoms. The summed E-state index contributed by atoms with van der Waals surface area (Å²) >= 11 is 6.08. The lowest BCUT2D eigenvalue weighted by molar-refractivity contribution is -0.128. The van der Waals surface area contributed by atoms with Crippen molar-refractivity contribution in [2.24, 2.45) is 18.9 Å². The highest BCUT2D eigenvalue weighted by molar-refractivity contribution is 7.89. The standard InChI is InChI=1S/C38H50ClN7O5S/c1-6-26(4)36(46-19-18-44(38(46)49)24-35-41-31-14-10-11-15-33(31)43(35)5)37(48)42-32(20-27-12-8-7-9-13-27)34(47)23-45(22-25(2)3)52(50,51)28-16-17-29(39)30(40)21-28/h7-17,21,25-26,32,34,36,47H,6,18-20,22-24,40H2,1-5H3,(H,42,48)/t26-,32-,34-,36-/m0/s1. The van der Waals surface area contributed by atoms with Gasteiger partial charge in [0.2, 0.25) is 15.9 Å². The maximum absolute atomic E-state index is 14.4. The van der Waals surface area contributed by atoms with Crippen molar-refractivity contribution in [1.82, 2.24) is 29.0 Å². The summed E-state index contributed by atoms with van der Waals surface area (Å²) in [6.45, 7) is 8.58. The maximum atomic E-state index is 14.4. The molecule has 0 radical (unpaired) electrons. The summed E-state index contributed by atoms with van der Waals surface area (Å²) in [5.74, 6) is 0.0596. The average molecular weight is 752 g/mol. The Morgan fingerprint density at radius 2 is 1.73 bits per heavy atom. The molecular weight excluding hydrogens is 702 g/mol. The van der Waals surface area contributed by atoms with Crippen LogP contribution in [0.15, 0.2) is 77.7 Å². The number of hydrogen-bond acceptors (Lipinski definition) is 7. The molecule has 1 saturated heterocycles. The van der Waals surface area contributed by atoms with E-state index in [1.165, 1.54) is 22.5 Å². The number of anilines is 1. The molecule has 1 aromatic heterocycles. The molecule has 4 aromatic rings. The van der Waals surface area contributed by atoms with Crippen LogP contribution in [0.3, 0.4) is 0 Å². The molecule has 0 aliphatic carbocycles. The van der Waals surface area contributed by atoms with Gasteiger partial charge in [0.15, 0.2) is 0 Å². The highest BCUT2D eigenvalue weighted by Crippen LogP contribution is 2.27. The fourth-order valence-corrected chi connectivity index (χ4v) is 8.48. The van der Waals surface area contributed by atoms with Gasteiger partial charge in [0, 0.05) is 33.2 Å². The number of aromatic nitrogens is 2. The first-order valence-corrected chi connectivity index (χ1v) is 19.6. The number of nitrogens with zero attached hydrogens (tertiary/aromatic N) is 5. The number of hydrogen-bond donors (Lipinski definition) is 3. The second kappa shape index (κ2) is 16.7. The third-order valence-electron chi connectivity index (χ3n) is 9.78. The molecule has 4 atom stereocenters. The summed E-state index contributed by atoms with van der Waals surface area (Å²) in [7, 11) is -2.18. The number of nitrogens with one attached hydrogen (secondary N) is 1. The van der Waals surface area contributed by atoms with E-state index < -0.39 is 34.1 Å². The van der Waals surface area contributed by atoms with E-state index >= 15 is 0 Å². The van der Waals surface area contributed by atoms with Crippen molar-refractivity contribution in [3.63, 3.8) is 0 Å². The lowest BCUT2D eigenvalue weighted by Gasteiger charge is -2.35. The molecule has 280 valence electrons. The van der Waals surface area contributed by atoms with Gasteiger partial charge >= 0.3 is 6.03 Å². The number of aryl methyl sites for hydroxylation is 1. The van der Waals surface area contributed by atoms with Gasteiger partial charge in [0.25, 0.3) is 0 Å². The smallest absolute Gasteiger partial charge is 0.321 e. The van der Waals surface area contributed by atoms with Crippen LogP contribution in [0, 0.1) is 11.8 Å². The summed E-state index contributed by atoms with van der Waals surface area (Å²) < 4.78 is 31.1. The van der Waals surface area contributed by atoms with Gasteiger partial charge in [-0.05, 0) is 54.2 Å². The second-order valence-electron chi connectivity index (χ2n) is 14.1. The highest BCUT2D eigenvalue weighted by atomic mass is 35.5. The van der Waals surface area contributed by atoms with Gasteiger partial charge in [-0.2, -0.15) is 4.31 Å². The topological polar surface area (TPSA) is 154 Å². The molecule has 4 N–H and O–H groups in total. The van der Waals surface area contributed by atoms with Crippen LogP contribution in [0.2, 0.25) is 5.02 Å². The van der Waals surface area contributed by atoms with Gasteiger partial charge in [-0.25, -0.2) is 18.2 Å². The second-order valence-corrected chi connectivity index (χ2v) is 16.4. The van der Waals surface area contributed by atoms with Crippen LogP contribution in [0.1, 0.15) is 45.5 Å². The first kappa shape index (κ1) is 39.0. The molecule has 14 heteroatoms. The number of nitrogen functional groups attached to an aromatic ring is 1. The number of amides is 3. The molecule has 0 saturated carbocycles. The normalized spacial score (nSPS) is 16.1. The molecule has 0 unspecified atom stereocenters. The van der Waals surface area contributed by atoms with Crippen molar-refractivity contribution in [3.05, 3.63) is 89.2 Å². The minimum Gasteiger partial charge on any atom is -0.397 e. The fourth-order valence-electron chi connectivity index (χ4n) is 6.71. The molecule has 2 heterocycles. The van der Waals surface area contributed by atoms with E-state index in [0.29, 0.717) is 26.1 Å². The molecule has 1 aliphatic heterocycles. The summed E-state index contributed by atoms with van der Waals surface area (Å²) in [5.41, 5.74) is 8.75. The molecule has 1 fully saturated rings. The van der Waals surface area contributed by atoms with Crippen LogP contribution in [-0.2, 0) is 34.8 Å². The Morgan fingerprint density at radius 3 is 2.38 bits per heavy atom. The Kier molecular flexibility index (Phi) is 12.5. The number of sulfonamides is 1. The van der Waals surface area contributed by atoms with E-state index in [1.807, 2.05) is 93.9 Å². The van der Waals surface area contributed by atoms with Gasteiger partial charge in [0.05, 0.1) is 45.3 Å². The number of nitrogens with two attached hydrogens (primary N) is 1. The van der Waals surface area contributed by atoms with Crippen LogP contribution in [0.25, 0.3) is 11.0 Å².